The standard InChI is InChI=1S/C13H13ClN2O3S/c1-2-10-5-9(7-15)3-4-12(10)16-8-11(6-13(16)17)20(14,18)19/h3-5,11H,2,6,8H2,1H3. The van der Waals surface area contributed by atoms with Crippen molar-refractivity contribution in [3.05, 3.63) is 29.3 Å². The third kappa shape index (κ3) is 2.79. The summed E-state index contributed by atoms with van der Waals surface area (Å²) >= 11 is 0. The van der Waals surface area contributed by atoms with Crippen LogP contribution in [-0.4, -0.2) is 26.1 Å². The van der Waals surface area contributed by atoms with Crippen molar-refractivity contribution in [3.8, 4) is 6.07 Å². The van der Waals surface area contributed by atoms with Crippen LogP contribution in [-0.2, 0) is 20.3 Å². The van der Waals surface area contributed by atoms with Crippen LogP contribution in [0.15, 0.2) is 18.2 Å². The van der Waals surface area contributed by atoms with E-state index in [1.807, 2.05) is 13.0 Å². The van der Waals surface area contributed by atoms with Crippen molar-refractivity contribution >= 4 is 31.3 Å². The highest BCUT2D eigenvalue weighted by atomic mass is 35.7. The number of carbonyl (C=O) groups excluding carboxylic acids is 1. The molecule has 106 valence electrons. The van der Waals surface area contributed by atoms with E-state index in [4.69, 9.17) is 15.9 Å². The van der Waals surface area contributed by atoms with Crippen LogP contribution in [0, 0.1) is 11.3 Å². The van der Waals surface area contributed by atoms with Gasteiger partial charge in [0.25, 0.3) is 0 Å². The Morgan fingerprint density at radius 3 is 2.70 bits per heavy atom. The molecule has 0 saturated carbocycles. The fourth-order valence-corrected chi connectivity index (χ4v) is 3.32. The number of amides is 1. The molecule has 0 radical (unpaired) electrons. The molecular formula is C13H13ClN2O3S. The molecule has 1 fully saturated rings. The second kappa shape index (κ2) is 5.43. The first kappa shape index (κ1) is 14.8. The lowest BCUT2D eigenvalue weighted by Gasteiger charge is -2.19. The molecule has 1 heterocycles. The van der Waals surface area contributed by atoms with Crippen LogP contribution in [0.1, 0.15) is 24.5 Å². The van der Waals surface area contributed by atoms with Crippen LogP contribution in [0.25, 0.3) is 0 Å². The van der Waals surface area contributed by atoms with E-state index in [-0.39, 0.29) is 18.9 Å². The van der Waals surface area contributed by atoms with Gasteiger partial charge in [-0.25, -0.2) is 8.42 Å². The van der Waals surface area contributed by atoms with Crippen LogP contribution in [0.4, 0.5) is 5.69 Å². The number of hydrogen-bond donors (Lipinski definition) is 0. The Balaban J connectivity index is 2.38. The number of carbonyl (C=O) groups is 1. The molecule has 7 heteroatoms. The predicted octanol–water partition coefficient (Wildman–Crippen LogP) is 1.79. The summed E-state index contributed by atoms with van der Waals surface area (Å²) in [6, 6.07) is 7.05. The van der Waals surface area contributed by atoms with Gasteiger partial charge in [-0.3, -0.25) is 4.79 Å². The number of hydrogen-bond acceptors (Lipinski definition) is 4. The smallest absolute Gasteiger partial charge is 0.237 e. The predicted molar refractivity (Wildman–Crippen MR) is 76.1 cm³/mol. The van der Waals surface area contributed by atoms with Gasteiger partial charge < -0.3 is 4.90 Å². The van der Waals surface area contributed by atoms with E-state index in [1.165, 1.54) is 4.90 Å². The largest absolute Gasteiger partial charge is 0.311 e. The second-order valence-electron chi connectivity index (χ2n) is 4.61. The lowest BCUT2D eigenvalue weighted by molar-refractivity contribution is -0.117. The molecule has 1 aromatic rings. The molecule has 1 atom stereocenters. The van der Waals surface area contributed by atoms with E-state index < -0.39 is 14.3 Å². The van der Waals surface area contributed by atoms with Crippen molar-refractivity contribution in [2.45, 2.75) is 25.0 Å². The zero-order valence-electron chi connectivity index (χ0n) is 10.8. The molecule has 1 unspecified atom stereocenters. The van der Waals surface area contributed by atoms with Gasteiger partial charge in [-0.05, 0) is 30.2 Å². The average molecular weight is 313 g/mol. The number of rotatable bonds is 3. The van der Waals surface area contributed by atoms with Gasteiger partial charge in [0.2, 0.25) is 15.0 Å². The number of anilines is 1. The van der Waals surface area contributed by atoms with Gasteiger partial charge in [-0.2, -0.15) is 5.26 Å². The van der Waals surface area contributed by atoms with E-state index in [0.29, 0.717) is 17.7 Å². The molecule has 1 aliphatic rings. The second-order valence-corrected chi connectivity index (χ2v) is 7.52. The number of benzene rings is 1. The molecule has 20 heavy (non-hydrogen) atoms. The van der Waals surface area contributed by atoms with E-state index in [0.717, 1.165) is 5.56 Å². The minimum absolute atomic E-state index is 0.0591. The summed E-state index contributed by atoms with van der Waals surface area (Å²) in [5, 5.41) is 8.01. The van der Waals surface area contributed by atoms with Crippen LogP contribution in [0.2, 0.25) is 0 Å². The van der Waals surface area contributed by atoms with Gasteiger partial charge in [0.05, 0.1) is 11.6 Å². The van der Waals surface area contributed by atoms with Gasteiger partial charge in [0.1, 0.15) is 5.25 Å². The van der Waals surface area contributed by atoms with Gasteiger partial charge in [-0.15, -0.1) is 0 Å². The molecule has 0 aromatic heterocycles. The molecule has 1 saturated heterocycles. The summed E-state index contributed by atoms with van der Waals surface area (Å²) in [5.74, 6) is -0.265. The van der Waals surface area contributed by atoms with Crippen LogP contribution < -0.4 is 4.90 Å². The maximum absolute atomic E-state index is 12.0. The normalized spacial score (nSPS) is 19.1. The van der Waals surface area contributed by atoms with Gasteiger partial charge in [0, 0.05) is 29.3 Å². The third-order valence-electron chi connectivity index (χ3n) is 3.37. The molecule has 2 rings (SSSR count). The number of nitrogens with zero attached hydrogens (tertiary/aromatic N) is 2. The molecule has 0 spiro atoms. The Morgan fingerprint density at radius 2 is 2.20 bits per heavy atom. The minimum Gasteiger partial charge on any atom is -0.311 e. The molecule has 0 N–H and O–H groups in total. The molecular weight excluding hydrogens is 300 g/mol. The maximum atomic E-state index is 12.0. The fraction of sp³-hybridized carbons (Fsp3) is 0.385. The zero-order valence-corrected chi connectivity index (χ0v) is 12.4. The molecule has 0 bridgehead atoms. The zero-order chi connectivity index (χ0) is 14.9. The quantitative estimate of drug-likeness (QED) is 0.797. The number of halogens is 1. The first-order chi connectivity index (χ1) is 9.36. The van der Waals surface area contributed by atoms with Gasteiger partial charge in [0.15, 0.2) is 0 Å². The van der Waals surface area contributed by atoms with Crippen molar-refractivity contribution in [2.24, 2.45) is 0 Å². The number of nitriles is 1. The highest BCUT2D eigenvalue weighted by molar-refractivity contribution is 8.14. The minimum atomic E-state index is -3.75. The molecule has 1 aromatic carbocycles. The molecule has 0 aliphatic carbocycles. The van der Waals surface area contributed by atoms with E-state index >= 15 is 0 Å². The maximum Gasteiger partial charge on any atom is 0.237 e. The molecule has 5 nitrogen and oxygen atoms in total. The summed E-state index contributed by atoms with van der Waals surface area (Å²) in [6.45, 7) is 1.97. The SMILES string of the molecule is CCc1cc(C#N)ccc1N1CC(S(=O)(=O)Cl)CC1=O. The topological polar surface area (TPSA) is 78.2 Å². The monoisotopic (exact) mass is 312 g/mol. The summed E-state index contributed by atoms with van der Waals surface area (Å²) in [4.78, 5) is 13.4. The van der Waals surface area contributed by atoms with Crippen LogP contribution in [0.3, 0.4) is 0 Å². The molecule has 1 amide bonds. The average Bonchev–Trinajstić information content (AvgIpc) is 2.80. The lowest BCUT2D eigenvalue weighted by Crippen LogP contribution is -2.27. The Hall–Kier alpha value is -1.58. The lowest BCUT2D eigenvalue weighted by atomic mass is 10.1. The van der Waals surface area contributed by atoms with Crippen molar-refractivity contribution in [1.82, 2.24) is 0 Å². The van der Waals surface area contributed by atoms with Crippen molar-refractivity contribution in [1.29, 1.82) is 5.26 Å². The van der Waals surface area contributed by atoms with E-state index in [2.05, 4.69) is 0 Å². The van der Waals surface area contributed by atoms with Crippen molar-refractivity contribution in [3.63, 3.8) is 0 Å². The van der Waals surface area contributed by atoms with Crippen molar-refractivity contribution in [2.75, 3.05) is 11.4 Å². The highest BCUT2D eigenvalue weighted by Crippen LogP contribution is 2.30. The summed E-state index contributed by atoms with van der Waals surface area (Å²) in [7, 11) is 1.58. The number of aryl methyl sites for hydroxylation is 1. The highest BCUT2D eigenvalue weighted by Gasteiger charge is 2.38. The van der Waals surface area contributed by atoms with Crippen LogP contribution >= 0.6 is 10.7 Å². The van der Waals surface area contributed by atoms with Crippen LogP contribution in [0.5, 0.6) is 0 Å². The Bertz CT molecular complexity index is 694. The van der Waals surface area contributed by atoms with Crippen molar-refractivity contribution < 1.29 is 13.2 Å². The van der Waals surface area contributed by atoms with Gasteiger partial charge >= 0.3 is 0 Å². The van der Waals surface area contributed by atoms with Gasteiger partial charge in [-0.1, -0.05) is 6.92 Å². The first-order valence-electron chi connectivity index (χ1n) is 6.13. The Morgan fingerprint density at radius 1 is 1.50 bits per heavy atom. The Kier molecular flexibility index (Phi) is 4.02. The fourth-order valence-electron chi connectivity index (χ4n) is 2.30. The van der Waals surface area contributed by atoms with E-state index in [9.17, 15) is 13.2 Å². The summed E-state index contributed by atoms with van der Waals surface area (Å²) in [5.41, 5.74) is 2.00. The third-order valence-corrected chi connectivity index (χ3v) is 5.24. The summed E-state index contributed by atoms with van der Waals surface area (Å²) < 4.78 is 22.7. The Labute approximate surface area is 122 Å². The molecule has 1 aliphatic heterocycles. The first-order valence-corrected chi connectivity index (χ1v) is 8.51. The summed E-state index contributed by atoms with van der Waals surface area (Å²) in [6.07, 6.45) is 0.544. The van der Waals surface area contributed by atoms with E-state index in [1.54, 1.807) is 18.2 Å².